The highest BCUT2D eigenvalue weighted by atomic mass is 32.1. The highest BCUT2D eigenvalue weighted by molar-refractivity contribution is 7.16. The van der Waals surface area contributed by atoms with E-state index in [9.17, 15) is 9.59 Å². The summed E-state index contributed by atoms with van der Waals surface area (Å²) >= 11 is 0.978. The Morgan fingerprint density at radius 2 is 2.29 bits per heavy atom. The molecule has 0 aliphatic heterocycles. The van der Waals surface area contributed by atoms with Crippen LogP contribution in [0.2, 0.25) is 0 Å². The van der Waals surface area contributed by atoms with E-state index in [0.717, 1.165) is 11.3 Å². The summed E-state index contributed by atoms with van der Waals surface area (Å²) in [5, 5.41) is 8.62. The zero-order valence-corrected chi connectivity index (χ0v) is 7.84. The van der Waals surface area contributed by atoms with Gasteiger partial charge in [-0.1, -0.05) is 23.5 Å². The van der Waals surface area contributed by atoms with E-state index < -0.39 is 10.9 Å². The van der Waals surface area contributed by atoms with E-state index in [-0.39, 0.29) is 6.42 Å². The first-order valence-electron chi connectivity index (χ1n) is 3.90. The van der Waals surface area contributed by atoms with Gasteiger partial charge in [-0.25, -0.2) is 4.79 Å². The Kier molecular flexibility index (Phi) is 2.09. The number of hydrogen-bond donors (Lipinski definition) is 1. The summed E-state index contributed by atoms with van der Waals surface area (Å²) in [6, 6.07) is 5.09. The van der Waals surface area contributed by atoms with Crippen molar-refractivity contribution in [1.82, 2.24) is 0 Å². The molecular formula is C9H6O4S. The van der Waals surface area contributed by atoms with Crippen LogP contribution in [-0.4, -0.2) is 11.1 Å². The molecule has 5 heteroatoms. The lowest BCUT2D eigenvalue weighted by Gasteiger charge is -1.95. The Balaban J connectivity index is 2.64. The molecule has 0 radical (unpaired) electrons. The molecule has 0 amide bonds. The number of rotatable bonds is 2. The third-order valence-electron chi connectivity index (χ3n) is 1.78. The molecule has 2 aromatic rings. The second kappa shape index (κ2) is 3.26. The van der Waals surface area contributed by atoms with Crippen molar-refractivity contribution in [3.63, 3.8) is 0 Å². The monoisotopic (exact) mass is 210 g/mol. The van der Waals surface area contributed by atoms with Crippen molar-refractivity contribution in [2.45, 2.75) is 6.42 Å². The average molecular weight is 210 g/mol. The number of aliphatic carboxylic acids is 1. The van der Waals surface area contributed by atoms with E-state index >= 15 is 0 Å². The van der Waals surface area contributed by atoms with E-state index in [1.54, 1.807) is 18.2 Å². The Morgan fingerprint density at radius 1 is 1.50 bits per heavy atom. The molecule has 0 saturated heterocycles. The highest BCUT2D eigenvalue weighted by Gasteiger charge is 2.09. The van der Waals surface area contributed by atoms with Crippen LogP contribution in [0, 0.1) is 0 Å². The molecular weight excluding hydrogens is 204 g/mol. The van der Waals surface area contributed by atoms with Gasteiger partial charge in [0.05, 0.1) is 11.1 Å². The first kappa shape index (κ1) is 8.96. The average Bonchev–Trinajstić information content (AvgIpc) is 2.45. The van der Waals surface area contributed by atoms with Crippen molar-refractivity contribution in [2.75, 3.05) is 0 Å². The fourth-order valence-electron chi connectivity index (χ4n) is 1.25. The Bertz CT molecular complexity index is 537. The molecule has 4 nitrogen and oxygen atoms in total. The topological polar surface area (TPSA) is 67.5 Å². The molecule has 0 atom stereocenters. The van der Waals surface area contributed by atoms with E-state index in [1.807, 2.05) is 0 Å². The molecule has 2 rings (SSSR count). The molecule has 1 heterocycles. The van der Waals surface area contributed by atoms with Gasteiger partial charge in [-0.15, -0.1) is 0 Å². The van der Waals surface area contributed by atoms with Crippen LogP contribution in [0.25, 0.3) is 10.3 Å². The van der Waals surface area contributed by atoms with Crippen molar-refractivity contribution in [3.05, 3.63) is 33.5 Å². The number of para-hydroxylation sites is 1. The molecule has 1 aromatic heterocycles. The summed E-state index contributed by atoms with van der Waals surface area (Å²) in [5.74, 6) is -0.939. The normalized spacial score (nSPS) is 10.6. The maximum absolute atomic E-state index is 10.9. The van der Waals surface area contributed by atoms with E-state index in [0.29, 0.717) is 15.8 Å². The van der Waals surface area contributed by atoms with Crippen LogP contribution in [0.5, 0.6) is 0 Å². The zero-order chi connectivity index (χ0) is 10.1. The van der Waals surface area contributed by atoms with E-state index in [1.165, 1.54) is 0 Å². The summed E-state index contributed by atoms with van der Waals surface area (Å²) < 4.78 is 5.59. The molecule has 14 heavy (non-hydrogen) atoms. The van der Waals surface area contributed by atoms with Crippen molar-refractivity contribution < 1.29 is 14.3 Å². The number of carboxylic acid groups (broad SMARTS) is 1. The highest BCUT2D eigenvalue weighted by Crippen LogP contribution is 2.21. The van der Waals surface area contributed by atoms with Crippen LogP contribution in [0.3, 0.4) is 0 Å². The van der Waals surface area contributed by atoms with Gasteiger partial charge in [0, 0.05) is 5.56 Å². The molecule has 0 saturated carbocycles. The molecule has 1 N–H and O–H groups in total. The van der Waals surface area contributed by atoms with Gasteiger partial charge in [-0.3, -0.25) is 4.79 Å². The first-order chi connectivity index (χ1) is 6.66. The lowest BCUT2D eigenvalue weighted by atomic mass is 10.1. The van der Waals surface area contributed by atoms with Crippen molar-refractivity contribution in [3.8, 4) is 0 Å². The summed E-state index contributed by atoms with van der Waals surface area (Å²) in [7, 11) is 0. The summed E-state index contributed by atoms with van der Waals surface area (Å²) in [6.45, 7) is 0. The fraction of sp³-hybridized carbons (Fsp3) is 0.111. The van der Waals surface area contributed by atoms with Crippen LogP contribution in [0.15, 0.2) is 27.4 Å². The SMILES string of the molecule is O=C(O)Cc1cccc2sc(=O)oc12. The Hall–Kier alpha value is -1.62. The molecule has 0 spiro atoms. The summed E-state index contributed by atoms with van der Waals surface area (Å²) in [6.07, 6.45) is -0.128. The van der Waals surface area contributed by atoms with Crippen molar-refractivity contribution in [1.29, 1.82) is 0 Å². The first-order valence-corrected chi connectivity index (χ1v) is 4.72. The number of benzene rings is 1. The van der Waals surface area contributed by atoms with Gasteiger partial charge >= 0.3 is 10.9 Å². The van der Waals surface area contributed by atoms with Crippen LogP contribution < -0.4 is 4.94 Å². The minimum atomic E-state index is -0.939. The van der Waals surface area contributed by atoms with Crippen LogP contribution >= 0.6 is 11.3 Å². The van der Waals surface area contributed by atoms with E-state index in [4.69, 9.17) is 9.52 Å². The lowest BCUT2D eigenvalue weighted by molar-refractivity contribution is -0.136. The Morgan fingerprint density at radius 3 is 3.00 bits per heavy atom. The molecule has 1 aromatic carbocycles. The lowest BCUT2D eigenvalue weighted by Crippen LogP contribution is -1.99. The van der Waals surface area contributed by atoms with Crippen LogP contribution in [-0.2, 0) is 11.2 Å². The third kappa shape index (κ3) is 1.54. The fourth-order valence-corrected chi connectivity index (χ4v) is 1.97. The molecule has 0 aliphatic rings. The van der Waals surface area contributed by atoms with Gasteiger partial charge in [-0.05, 0) is 6.07 Å². The predicted octanol–water partition coefficient (Wildman–Crippen LogP) is 1.48. The smallest absolute Gasteiger partial charge is 0.396 e. The van der Waals surface area contributed by atoms with Gasteiger partial charge in [0.15, 0.2) is 5.58 Å². The zero-order valence-electron chi connectivity index (χ0n) is 7.02. The molecule has 0 bridgehead atoms. The summed E-state index contributed by atoms with van der Waals surface area (Å²) in [4.78, 5) is 21.0. The Labute approximate surface area is 82.4 Å². The number of hydrogen-bond acceptors (Lipinski definition) is 4. The second-order valence-electron chi connectivity index (χ2n) is 2.77. The van der Waals surface area contributed by atoms with Gasteiger partial charge < -0.3 is 9.52 Å². The maximum atomic E-state index is 10.9. The standard InChI is InChI=1S/C9H6O4S/c10-7(11)4-5-2-1-3-6-8(5)13-9(12)14-6/h1-3H,4H2,(H,10,11). The van der Waals surface area contributed by atoms with Gasteiger partial charge in [0.1, 0.15) is 0 Å². The third-order valence-corrected chi connectivity index (χ3v) is 2.57. The van der Waals surface area contributed by atoms with Gasteiger partial charge in [-0.2, -0.15) is 0 Å². The van der Waals surface area contributed by atoms with Crippen molar-refractivity contribution in [2.24, 2.45) is 0 Å². The van der Waals surface area contributed by atoms with Crippen LogP contribution in [0.4, 0.5) is 0 Å². The predicted molar refractivity (Wildman–Crippen MR) is 51.7 cm³/mol. The molecule has 0 fully saturated rings. The van der Waals surface area contributed by atoms with Gasteiger partial charge in [0.25, 0.3) is 0 Å². The minimum Gasteiger partial charge on any atom is -0.481 e. The van der Waals surface area contributed by atoms with Crippen LogP contribution in [0.1, 0.15) is 5.56 Å². The largest absolute Gasteiger partial charge is 0.481 e. The molecule has 0 unspecified atom stereocenters. The number of carbonyl (C=O) groups is 1. The van der Waals surface area contributed by atoms with E-state index in [2.05, 4.69) is 0 Å². The van der Waals surface area contributed by atoms with Crippen molar-refractivity contribution >= 4 is 27.6 Å². The minimum absolute atomic E-state index is 0.128. The summed E-state index contributed by atoms with van der Waals surface area (Å²) in [5.41, 5.74) is 0.929. The maximum Gasteiger partial charge on any atom is 0.396 e. The van der Waals surface area contributed by atoms with Gasteiger partial charge in [0.2, 0.25) is 0 Å². The molecule has 0 aliphatic carbocycles. The second-order valence-corrected chi connectivity index (χ2v) is 3.75. The number of carboxylic acids is 1. The quantitative estimate of drug-likeness (QED) is 0.815. The number of fused-ring (bicyclic) bond motifs is 1. The molecule has 72 valence electrons.